The molecular weight excluding hydrogens is 190 g/mol. The van der Waals surface area contributed by atoms with Crippen LogP contribution in [0.15, 0.2) is 18.3 Å². The lowest BCUT2D eigenvalue weighted by Crippen LogP contribution is -2.19. The van der Waals surface area contributed by atoms with Crippen molar-refractivity contribution in [2.24, 2.45) is 0 Å². The molecule has 1 heterocycles. The summed E-state index contributed by atoms with van der Waals surface area (Å²) >= 11 is 0. The molecule has 1 aromatic rings. The summed E-state index contributed by atoms with van der Waals surface area (Å²) in [5, 5.41) is 21.2. The van der Waals surface area contributed by atoms with Crippen molar-refractivity contribution in [3.05, 3.63) is 24.0 Å². The number of nitrogens with one attached hydrogen (secondary N) is 1. The van der Waals surface area contributed by atoms with Crippen LogP contribution in [0.1, 0.15) is 25.5 Å². The van der Waals surface area contributed by atoms with Crippen LogP contribution in [0.3, 0.4) is 0 Å². The smallest absolute Gasteiger partial charge is 0.142 e. The fraction of sp³-hybridized carbons (Fsp3) is 0.455. The van der Waals surface area contributed by atoms with Crippen LogP contribution in [0.25, 0.3) is 0 Å². The maximum atomic E-state index is 9.49. The monoisotopic (exact) mass is 205 g/mol. The Labute approximate surface area is 89.6 Å². The third-order valence-corrected chi connectivity index (χ3v) is 2.04. The summed E-state index contributed by atoms with van der Waals surface area (Å²) < 4.78 is 0. The van der Waals surface area contributed by atoms with E-state index >= 15 is 0 Å². The van der Waals surface area contributed by atoms with Gasteiger partial charge in [0.2, 0.25) is 0 Å². The van der Waals surface area contributed by atoms with Crippen LogP contribution in [0, 0.1) is 11.3 Å². The molecule has 2 N–H and O–H groups in total. The molecule has 1 unspecified atom stereocenters. The lowest BCUT2D eigenvalue weighted by atomic mass is 10.2. The molecule has 1 atom stereocenters. The Morgan fingerprint density at radius 3 is 3.13 bits per heavy atom. The Morgan fingerprint density at radius 2 is 2.47 bits per heavy atom. The Kier molecular flexibility index (Phi) is 4.58. The highest BCUT2D eigenvalue weighted by Crippen LogP contribution is 2.07. The maximum absolute atomic E-state index is 9.49. The van der Waals surface area contributed by atoms with Gasteiger partial charge >= 0.3 is 0 Å². The van der Waals surface area contributed by atoms with Gasteiger partial charge in [0.05, 0.1) is 6.10 Å². The van der Waals surface area contributed by atoms with Gasteiger partial charge in [0.25, 0.3) is 0 Å². The second-order valence-electron chi connectivity index (χ2n) is 3.36. The summed E-state index contributed by atoms with van der Waals surface area (Å²) in [6.07, 6.45) is 2.98. The van der Waals surface area contributed by atoms with Crippen molar-refractivity contribution < 1.29 is 5.11 Å². The number of anilines is 1. The number of nitrogens with zero attached hydrogens (tertiary/aromatic N) is 2. The standard InChI is InChI=1S/C11H15N3O/c1-2-3-11(15)8-14-9-4-5-13-10(6-9)7-12/h4-6,11,15H,2-3,8H2,1H3,(H,13,14). The number of aliphatic hydroxyl groups excluding tert-OH is 1. The molecule has 0 saturated carbocycles. The summed E-state index contributed by atoms with van der Waals surface area (Å²) in [7, 11) is 0. The van der Waals surface area contributed by atoms with E-state index in [1.165, 1.54) is 0 Å². The van der Waals surface area contributed by atoms with Gasteiger partial charge in [-0.25, -0.2) is 4.98 Å². The minimum atomic E-state index is -0.339. The predicted octanol–water partition coefficient (Wildman–Crippen LogP) is 1.53. The van der Waals surface area contributed by atoms with Crippen molar-refractivity contribution in [3.63, 3.8) is 0 Å². The zero-order valence-corrected chi connectivity index (χ0v) is 8.77. The summed E-state index contributed by atoms with van der Waals surface area (Å²) in [6.45, 7) is 2.53. The van der Waals surface area contributed by atoms with Gasteiger partial charge in [-0.15, -0.1) is 0 Å². The molecule has 1 aromatic heterocycles. The number of aromatic nitrogens is 1. The van der Waals surface area contributed by atoms with Gasteiger partial charge in [0.1, 0.15) is 11.8 Å². The first-order chi connectivity index (χ1) is 7.26. The number of nitriles is 1. The van der Waals surface area contributed by atoms with Crippen LogP contribution < -0.4 is 5.32 Å². The number of aliphatic hydroxyl groups is 1. The van der Waals surface area contributed by atoms with Crippen molar-refractivity contribution in [3.8, 4) is 6.07 Å². The molecule has 0 saturated heterocycles. The highest BCUT2D eigenvalue weighted by molar-refractivity contribution is 5.45. The van der Waals surface area contributed by atoms with Crippen LogP contribution >= 0.6 is 0 Å². The fourth-order valence-corrected chi connectivity index (χ4v) is 1.27. The number of hydrogen-bond acceptors (Lipinski definition) is 4. The molecule has 0 spiro atoms. The second-order valence-corrected chi connectivity index (χ2v) is 3.36. The summed E-state index contributed by atoms with van der Waals surface area (Å²) in [6, 6.07) is 5.41. The first-order valence-corrected chi connectivity index (χ1v) is 5.04. The van der Waals surface area contributed by atoms with E-state index in [4.69, 9.17) is 5.26 Å². The Balaban J connectivity index is 2.47. The third-order valence-electron chi connectivity index (χ3n) is 2.04. The molecule has 0 bridgehead atoms. The average Bonchev–Trinajstić information content (AvgIpc) is 2.27. The van der Waals surface area contributed by atoms with Gasteiger partial charge in [-0.05, 0) is 18.6 Å². The van der Waals surface area contributed by atoms with Crippen molar-refractivity contribution in [1.29, 1.82) is 5.26 Å². The Bertz CT molecular complexity index is 346. The highest BCUT2D eigenvalue weighted by atomic mass is 16.3. The molecule has 0 radical (unpaired) electrons. The Hall–Kier alpha value is -1.60. The van der Waals surface area contributed by atoms with Crippen LogP contribution in [-0.4, -0.2) is 22.7 Å². The molecule has 1 rings (SSSR count). The molecule has 0 amide bonds. The van der Waals surface area contributed by atoms with E-state index in [2.05, 4.69) is 10.3 Å². The minimum absolute atomic E-state index is 0.339. The number of hydrogen-bond donors (Lipinski definition) is 2. The maximum Gasteiger partial charge on any atom is 0.142 e. The van der Waals surface area contributed by atoms with Crippen molar-refractivity contribution in [2.75, 3.05) is 11.9 Å². The lowest BCUT2D eigenvalue weighted by molar-refractivity contribution is 0.176. The summed E-state index contributed by atoms with van der Waals surface area (Å²) in [5.74, 6) is 0. The molecule has 0 aliphatic rings. The highest BCUT2D eigenvalue weighted by Gasteiger charge is 2.02. The van der Waals surface area contributed by atoms with Gasteiger partial charge in [-0.2, -0.15) is 5.26 Å². The van der Waals surface area contributed by atoms with E-state index in [1.54, 1.807) is 18.3 Å². The molecule has 0 aliphatic carbocycles. The largest absolute Gasteiger partial charge is 0.391 e. The van der Waals surface area contributed by atoms with E-state index < -0.39 is 0 Å². The number of pyridine rings is 1. The summed E-state index contributed by atoms with van der Waals surface area (Å²) in [4.78, 5) is 3.86. The van der Waals surface area contributed by atoms with Gasteiger partial charge < -0.3 is 10.4 Å². The summed E-state index contributed by atoms with van der Waals surface area (Å²) in [5.41, 5.74) is 1.20. The van der Waals surface area contributed by atoms with Gasteiger partial charge in [0.15, 0.2) is 0 Å². The molecule has 4 heteroatoms. The Morgan fingerprint density at radius 1 is 1.67 bits per heavy atom. The molecule has 0 aliphatic heterocycles. The zero-order chi connectivity index (χ0) is 11.1. The van der Waals surface area contributed by atoms with E-state index in [0.29, 0.717) is 12.2 Å². The molecule has 15 heavy (non-hydrogen) atoms. The van der Waals surface area contributed by atoms with Crippen molar-refractivity contribution in [2.45, 2.75) is 25.9 Å². The predicted molar refractivity (Wildman–Crippen MR) is 58.4 cm³/mol. The molecule has 4 nitrogen and oxygen atoms in total. The molecule has 0 aromatic carbocycles. The second kappa shape index (κ2) is 5.99. The quantitative estimate of drug-likeness (QED) is 0.764. The average molecular weight is 205 g/mol. The first kappa shape index (κ1) is 11.5. The van der Waals surface area contributed by atoms with Crippen LogP contribution in [0.4, 0.5) is 5.69 Å². The van der Waals surface area contributed by atoms with Crippen LogP contribution in [-0.2, 0) is 0 Å². The van der Waals surface area contributed by atoms with Gasteiger partial charge in [-0.3, -0.25) is 0 Å². The number of rotatable bonds is 5. The fourth-order valence-electron chi connectivity index (χ4n) is 1.27. The van der Waals surface area contributed by atoms with Crippen LogP contribution in [0.2, 0.25) is 0 Å². The van der Waals surface area contributed by atoms with Crippen molar-refractivity contribution >= 4 is 5.69 Å². The SMILES string of the molecule is CCCC(O)CNc1ccnc(C#N)c1. The third kappa shape index (κ3) is 3.96. The molecular formula is C11H15N3O. The van der Waals surface area contributed by atoms with Crippen LogP contribution in [0.5, 0.6) is 0 Å². The molecule has 80 valence electrons. The normalized spacial score (nSPS) is 11.8. The van der Waals surface area contributed by atoms with Crippen molar-refractivity contribution in [1.82, 2.24) is 4.98 Å². The first-order valence-electron chi connectivity index (χ1n) is 5.04. The molecule has 0 fully saturated rings. The lowest BCUT2D eigenvalue weighted by Gasteiger charge is -2.11. The van der Waals surface area contributed by atoms with E-state index in [1.807, 2.05) is 13.0 Å². The van der Waals surface area contributed by atoms with Gasteiger partial charge in [-0.1, -0.05) is 13.3 Å². The topological polar surface area (TPSA) is 68.9 Å². The van der Waals surface area contributed by atoms with E-state index in [-0.39, 0.29) is 6.10 Å². The zero-order valence-electron chi connectivity index (χ0n) is 8.77. The van der Waals surface area contributed by atoms with E-state index in [0.717, 1.165) is 18.5 Å². The van der Waals surface area contributed by atoms with E-state index in [9.17, 15) is 5.11 Å². The van der Waals surface area contributed by atoms with Gasteiger partial charge in [0, 0.05) is 18.4 Å². The minimum Gasteiger partial charge on any atom is -0.391 e.